The molecular formula is C27H31N3O5. The van der Waals surface area contributed by atoms with Crippen LogP contribution in [0.1, 0.15) is 63.9 Å². The molecule has 1 atom stereocenters. The molecule has 4 rings (SSSR count). The Morgan fingerprint density at radius 1 is 1.03 bits per heavy atom. The largest absolute Gasteiger partial charge is 0.488 e. The molecule has 35 heavy (non-hydrogen) atoms. The van der Waals surface area contributed by atoms with E-state index in [-0.39, 0.29) is 30.6 Å². The molecule has 8 heteroatoms. The fraction of sp³-hybridized carbons (Fsp3) is 0.407. The van der Waals surface area contributed by atoms with Gasteiger partial charge in [0.25, 0.3) is 11.8 Å². The van der Waals surface area contributed by atoms with Crippen LogP contribution in [0, 0.1) is 0 Å². The second-order valence-corrected chi connectivity index (χ2v) is 8.98. The summed E-state index contributed by atoms with van der Waals surface area (Å²) in [6.45, 7) is 3.47. The third kappa shape index (κ3) is 5.43. The highest BCUT2D eigenvalue weighted by molar-refractivity contribution is 6.24. The van der Waals surface area contributed by atoms with Gasteiger partial charge >= 0.3 is 0 Å². The zero-order chi connectivity index (χ0) is 24.8. The number of nitrogens with one attached hydrogen (secondary N) is 1. The molecule has 8 nitrogen and oxygen atoms in total. The van der Waals surface area contributed by atoms with Gasteiger partial charge in [-0.25, -0.2) is 0 Å². The van der Waals surface area contributed by atoms with Crippen LogP contribution in [0.5, 0.6) is 5.75 Å². The number of fused-ring (bicyclic) bond motifs is 1. The number of hydrogen-bond donors (Lipinski definition) is 1. The average molecular weight is 478 g/mol. The highest BCUT2D eigenvalue weighted by Crippen LogP contribution is 2.33. The number of imide groups is 1. The summed E-state index contributed by atoms with van der Waals surface area (Å²) < 4.78 is 5.97. The summed E-state index contributed by atoms with van der Waals surface area (Å²) in [5.41, 5.74) is 2.56. The molecule has 1 N–H and O–H groups in total. The number of benzene rings is 2. The van der Waals surface area contributed by atoms with Crippen LogP contribution < -0.4 is 10.1 Å². The summed E-state index contributed by atoms with van der Waals surface area (Å²) in [6, 6.07) is 12.0. The monoisotopic (exact) mass is 477 g/mol. The maximum Gasteiger partial charge on any atom is 0.266 e. The minimum atomic E-state index is -1.06. The molecule has 1 fully saturated rings. The van der Waals surface area contributed by atoms with E-state index in [9.17, 15) is 19.2 Å². The molecule has 2 heterocycles. The van der Waals surface area contributed by atoms with E-state index >= 15 is 0 Å². The number of hydrogen-bond acceptors (Lipinski definition) is 6. The molecule has 0 radical (unpaired) electrons. The second-order valence-electron chi connectivity index (χ2n) is 8.98. The van der Waals surface area contributed by atoms with Gasteiger partial charge in [0.1, 0.15) is 24.7 Å². The molecule has 184 valence electrons. The van der Waals surface area contributed by atoms with Gasteiger partial charge < -0.3 is 14.8 Å². The first-order chi connectivity index (χ1) is 17.0. The molecule has 0 spiro atoms. The predicted octanol–water partition coefficient (Wildman–Crippen LogP) is 2.94. The Balaban J connectivity index is 1.46. The Labute approximate surface area is 205 Å². The van der Waals surface area contributed by atoms with Gasteiger partial charge in [0.2, 0.25) is 5.91 Å². The molecule has 1 saturated heterocycles. The SMILES string of the molecule is CNC(=O)C(CCC=O)N1C(=O)c2cccc(OCc3ccc(CN4CCCCC4)cc3)c2C1=O. The van der Waals surface area contributed by atoms with Gasteiger partial charge in [-0.1, -0.05) is 36.8 Å². The second kappa shape index (κ2) is 11.3. The van der Waals surface area contributed by atoms with E-state index in [0.29, 0.717) is 12.0 Å². The molecule has 2 aliphatic rings. The van der Waals surface area contributed by atoms with Crippen molar-refractivity contribution in [2.24, 2.45) is 0 Å². The molecule has 0 aliphatic carbocycles. The van der Waals surface area contributed by atoms with Crippen molar-refractivity contribution in [2.45, 2.75) is 51.3 Å². The lowest BCUT2D eigenvalue weighted by Crippen LogP contribution is -2.48. The van der Waals surface area contributed by atoms with E-state index in [4.69, 9.17) is 4.74 Å². The van der Waals surface area contributed by atoms with Crippen molar-refractivity contribution >= 4 is 24.0 Å². The smallest absolute Gasteiger partial charge is 0.266 e. The summed E-state index contributed by atoms with van der Waals surface area (Å²) in [6.07, 6.45) is 4.62. The van der Waals surface area contributed by atoms with Gasteiger partial charge in [0, 0.05) is 20.0 Å². The highest BCUT2D eigenvalue weighted by atomic mass is 16.5. The minimum absolute atomic E-state index is 0.0581. The Hall–Kier alpha value is -3.52. The van der Waals surface area contributed by atoms with Crippen molar-refractivity contribution in [3.63, 3.8) is 0 Å². The first-order valence-electron chi connectivity index (χ1n) is 12.1. The number of likely N-dealkylation sites (N-methyl/N-ethyl adjacent to an activating group) is 1. The maximum atomic E-state index is 13.3. The standard InChI is InChI=1S/C27H31N3O5/c1-28-25(32)22(8-6-16-31)30-26(33)21-7-5-9-23(24(21)27(30)34)35-18-20-12-10-19(11-13-20)17-29-14-3-2-4-15-29/h5,7,9-13,16,22H,2-4,6,8,14-15,17-18H2,1H3,(H,28,32). The molecular weight excluding hydrogens is 446 g/mol. The normalized spacial score (nSPS) is 16.7. The summed E-state index contributed by atoms with van der Waals surface area (Å²) >= 11 is 0. The predicted molar refractivity (Wildman–Crippen MR) is 130 cm³/mol. The Kier molecular flexibility index (Phi) is 7.92. The van der Waals surface area contributed by atoms with E-state index < -0.39 is 23.8 Å². The lowest BCUT2D eigenvalue weighted by atomic mass is 10.1. The zero-order valence-corrected chi connectivity index (χ0v) is 20.0. The Bertz CT molecular complexity index is 1090. The van der Waals surface area contributed by atoms with Crippen LogP contribution in [0.2, 0.25) is 0 Å². The Morgan fingerprint density at radius 3 is 2.43 bits per heavy atom. The summed E-state index contributed by atoms with van der Waals surface area (Å²) in [5.74, 6) is -1.34. The third-order valence-corrected chi connectivity index (χ3v) is 6.60. The third-order valence-electron chi connectivity index (χ3n) is 6.60. The van der Waals surface area contributed by atoms with Gasteiger partial charge in [0.15, 0.2) is 0 Å². The summed E-state index contributed by atoms with van der Waals surface area (Å²) in [5, 5.41) is 2.47. The van der Waals surface area contributed by atoms with E-state index in [1.165, 1.54) is 31.9 Å². The topological polar surface area (TPSA) is 96.0 Å². The van der Waals surface area contributed by atoms with Gasteiger partial charge in [0.05, 0.1) is 11.1 Å². The van der Waals surface area contributed by atoms with E-state index in [1.54, 1.807) is 18.2 Å². The van der Waals surface area contributed by atoms with Crippen LogP contribution >= 0.6 is 0 Å². The number of aldehydes is 1. The van der Waals surface area contributed by atoms with Gasteiger partial charge in [-0.05, 0) is 55.6 Å². The minimum Gasteiger partial charge on any atom is -0.488 e. The molecule has 0 aromatic heterocycles. The fourth-order valence-corrected chi connectivity index (χ4v) is 4.72. The number of carbonyl (C=O) groups excluding carboxylic acids is 4. The van der Waals surface area contributed by atoms with Gasteiger partial charge in [-0.15, -0.1) is 0 Å². The fourth-order valence-electron chi connectivity index (χ4n) is 4.72. The first kappa shape index (κ1) is 24.6. The van der Waals surface area contributed by atoms with Gasteiger partial charge in [-0.2, -0.15) is 0 Å². The summed E-state index contributed by atoms with van der Waals surface area (Å²) in [7, 11) is 1.43. The van der Waals surface area contributed by atoms with Crippen LogP contribution in [0.25, 0.3) is 0 Å². The van der Waals surface area contributed by atoms with E-state index in [0.717, 1.165) is 30.1 Å². The lowest BCUT2D eigenvalue weighted by molar-refractivity contribution is -0.124. The van der Waals surface area contributed by atoms with Crippen LogP contribution in [-0.2, 0) is 22.7 Å². The van der Waals surface area contributed by atoms with Crippen LogP contribution in [0.3, 0.4) is 0 Å². The van der Waals surface area contributed by atoms with Crippen molar-refractivity contribution in [1.82, 2.24) is 15.1 Å². The first-order valence-corrected chi connectivity index (χ1v) is 12.1. The number of likely N-dealkylation sites (tertiary alicyclic amines) is 1. The quantitative estimate of drug-likeness (QED) is 0.418. The molecule has 1 unspecified atom stereocenters. The molecule has 2 aromatic carbocycles. The van der Waals surface area contributed by atoms with Crippen molar-refractivity contribution in [2.75, 3.05) is 20.1 Å². The number of nitrogens with zero attached hydrogens (tertiary/aromatic N) is 2. The number of piperidine rings is 1. The van der Waals surface area contributed by atoms with Crippen molar-refractivity contribution < 1.29 is 23.9 Å². The van der Waals surface area contributed by atoms with Crippen LogP contribution in [0.4, 0.5) is 0 Å². The van der Waals surface area contributed by atoms with E-state index in [2.05, 4.69) is 22.3 Å². The average Bonchev–Trinajstić information content (AvgIpc) is 3.14. The van der Waals surface area contributed by atoms with Crippen LogP contribution in [-0.4, -0.2) is 60.0 Å². The zero-order valence-electron chi connectivity index (χ0n) is 20.0. The van der Waals surface area contributed by atoms with Crippen LogP contribution in [0.15, 0.2) is 42.5 Å². The number of rotatable bonds is 10. The molecule has 2 aromatic rings. The van der Waals surface area contributed by atoms with Crippen molar-refractivity contribution in [3.05, 3.63) is 64.7 Å². The van der Waals surface area contributed by atoms with E-state index in [1.807, 2.05) is 12.1 Å². The molecule has 0 bridgehead atoms. The molecule has 3 amide bonds. The van der Waals surface area contributed by atoms with Crippen molar-refractivity contribution in [3.8, 4) is 5.75 Å². The van der Waals surface area contributed by atoms with Gasteiger partial charge in [-0.3, -0.25) is 24.2 Å². The van der Waals surface area contributed by atoms with Crippen molar-refractivity contribution in [1.29, 1.82) is 0 Å². The number of carbonyl (C=O) groups is 4. The summed E-state index contributed by atoms with van der Waals surface area (Å²) in [4.78, 5) is 53.0. The number of ether oxygens (including phenoxy) is 1. The Morgan fingerprint density at radius 2 is 1.74 bits per heavy atom. The maximum absolute atomic E-state index is 13.3. The highest BCUT2D eigenvalue weighted by Gasteiger charge is 2.44. The lowest BCUT2D eigenvalue weighted by Gasteiger charge is -2.26. The molecule has 0 saturated carbocycles. The number of amides is 3. The molecule has 2 aliphatic heterocycles.